The summed E-state index contributed by atoms with van der Waals surface area (Å²) in [6.45, 7) is 5.05. The van der Waals surface area contributed by atoms with Gasteiger partial charge in [0.05, 0.1) is 11.1 Å². The van der Waals surface area contributed by atoms with Gasteiger partial charge in [0.15, 0.2) is 0 Å². The zero-order valence-corrected chi connectivity index (χ0v) is 16.0. The molecule has 0 aliphatic heterocycles. The Morgan fingerprint density at radius 2 is 1.47 bits per heavy atom. The molecule has 0 spiro atoms. The van der Waals surface area contributed by atoms with E-state index in [0.29, 0.717) is 12.1 Å². The molecule has 0 saturated carbocycles. The Morgan fingerprint density at radius 3 is 1.93 bits per heavy atom. The van der Waals surface area contributed by atoms with E-state index in [4.69, 9.17) is 4.74 Å². The molecule has 10 heteroatoms. The van der Waals surface area contributed by atoms with E-state index < -0.39 is 46.5 Å². The fourth-order valence-electron chi connectivity index (χ4n) is 2.28. The number of alkyl halides is 5. The Hall–Kier alpha value is -3.04. The Balaban J connectivity index is 2.16. The van der Waals surface area contributed by atoms with Crippen LogP contribution in [0.25, 0.3) is 0 Å². The second-order valence-corrected chi connectivity index (χ2v) is 7.30. The van der Waals surface area contributed by atoms with Crippen LogP contribution in [0.15, 0.2) is 42.5 Å². The lowest BCUT2D eigenvalue weighted by Gasteiger charge is -2.20. The third-order valence-electron chi connectivity index (χ3n) is 3.71. The van der Waals surface area contributed by atoms with Gasteiger partial charge in [-0.1, -0.05) is 6.07 Å². The van der Waals surface area contributed by atoms with Crippen LogP contribution >= 0.6 is 0 Å². The first kappa shape index (κ1) is 23.2. The topological polar surface area (TPSA) is 55.4 Å². The first-order chi connectivity index (χ1) is 13.6. The number of hydrogen-bond donors (Lipinski definition) is 1. The molecule has 4 nitrogen and oxygen atoms in total. The lowest BCUT2D eigenvalue weighted by Crippen LogP contribution is -2.33. The molecule has 0 aliphatic rings. The van der Waals surface area contributed by atoms with Crippen molar-refractivity contribution in [2.75, 3.05) is 5.32 Å². The molecule has 1 N–H and O–H groups in total. The summed E-state index contributed by atoms with van der Waals surface area (Å²) in [6.07, 6.45) is -5.90. The molecule has 30 heavy (non-hydrogen) atoms. The van der Waals surface area contributed by atoms with Gasteiger partial charge in [-0.3, -0.25) is 4.79 Å². The van der Waals surface area contributed by atoms with Gasteiger partial charge in [0.2, 0.25) is 0 Å². The number of carbonyl (C=O) groups excluding carboxylic acids is 2. The summed E-state index contributed by atoms with van der Waals surface area (Å²) in [5, 5.41) is 2.26. The number of carbonyl (C=O) groups is 2. The molecule has 1 amide bonds. The van der Waals surface area contributed by atoms with Crippen LogP contribution < -0.4 is 5.32 Å². The molecule has 0 fully saturated rings. The van der Waals surface area contributed by atoms with Gasteiger partial charge < -0.3 is 10.1 Å². The van der Waals surface area contributed by atoms with Crippen molar-refractivity contribution in [3.8, 4) is 0 Å². The molecular weight excluding hydrogens is 416 g/mol. The van der Waals surface area contributed by atoms with E-state index in [1.165, 1.54) is 24.3 Å². The lowest BCUT2D eigenvalue weighted by atomic mass is 10.0. The van der Waals surface area contributed by atoms with E-state index in [0.717, 1.165) is 0 Å². The first-order valence-electron chi connectivity index (χ1n) is 8.51. The van der Waals surface area contributed by atoms with Gasteiger partial charge in [0.1, 0.15) is 11.4 Å². The maximum Gasteiger partial charge on any atom is 0.458 e. The summed E-state index contributed by atoms with van der Waals surface area (Å²) in [7, 11) is 0. The molecule has 0 aromatic heterocycles. The minimum atomic E-state index is -5.90. The molecule has 2 aromatic carbocycles. The van der Waals surface area contributed by atoms with Crippen molar-refractivity contribution < 1.29 is 40.7 Å². The molecular formula is C20H17F6NO3. The maximum absolute atomic E-state index is 14.0. The summed E-state index contributed by atoms with van der Waals surface area (Å²) >= 11 is 0. The Morgan fingerprint density at radius 1 is 0.900 bits per heavy atom. The zero-order chi connectivity index (χ0) is 22.9. The van der Waals surface area contributed by atoms with Gasteiger partial charge >= 0.3 is 18.1 Å². The van der Waals surface area contributed by atoms with Crippen LogP contribution in [0.4, 0.5) is 32.0 Å². The zero-order valence-electron chi connectivity index (χ0n) is 16.0. The van der Waals surface area contributed by atoms with Crippen molar-refractivity contribution in [1.29, 1.82) is 0 Å². The smallest absolute Gasteiger partial charge is 0.456 e. The third kappa shape index (κ3) is 5.31. The van der Waals surface area contributed by atoms with E-state index in [1.807, 2.05) is 0 Å². The van der Waals surface area contributed by atoms with Crippen molar-refractivity contribution in [3.05, 3.63) is 65.0 Å². The van der Waals surface area contributed by atoms with Gasteiger partial charge in [0, 0.05) is 11.3 Å². The van der Waals surface area contributed by atoms with Crippen molar-refractivity contribution in [3.63, 3.8) is 0 Å². The van der Waals surface area contributed by atoms with Crippen LogP contribution in [-0.2, 0) is 10.7 Å². The van der Waals surface area contributed by atoms with Crippen molar-refractivity contribution in [2.24, 2.45) is 0 Å². The normalized spacial score (nSPS) is 12.4. The van der Waals surface area contributed by atoms with Gasteiger partial charge in [-0.25, -0.2) is 9.18 Å². The number of rotatable bonds is 4. The SMILES string of the molecule is CC(C)(C)OC(=O)c1ccc(NC(=O)c2ccc(C(F)(F)C(F)(F)F)cc2F)cc1. The van der Waals surface area contributed by atoms with Gasteiger partial charge in [-0.15, -0.1) is 0 Å². The number of nitrogens with one attached hydrogen (secondary N) is 1. The molecule has 0 radical (unpaired) electrons. The largest absolute Gasteiger partial charge is 0.458 e. The molecule has 0 unspecified atom stereocenters. The minimum Gasteiger partial charge on any atom is -0.456 e. The summed E-state index contributed by atoms with van der Waals surface area (Å²) in [5.74, 6) is -8.48. The highest BCUT2D eigenvalue weighted by atomic mass is 19.4. The van der Waals surface area contributed by atoms with Crippen molar-refractivity contribution in [2.45, 2.75) is 38.5 Å². The number of esters is 1. The standard InChI is InChI=1S/C20H17F6NO3/c1-18(2,3)30-17(29)11-4-7-13(8-5-11)27-16(28)14-9-6-12(10-15(14)21)19(22,23)20(24,25)26/h4-10H,1-3H3,(H,27,28). The average Bonchev–Trinajstić information content (AvgIpc) is 2.59. The Kier molecular flexibility index (Phi) is 6.20. The summed E-state index contributed by atoms with van der Waals surface area (Å²) in [6, 6.07) is 6.16. The van der Waals surface area contributed by atoms with Crippen LogP contribution in [0, 0.1) is 5.82 Å². The average molecular weight is 433 g/mol. The van der Waals surface area contributed by atoms with Crippen LogP contribution in [0.3, 0.4) is 0 Å². The molecule has 0 saturated heterocycles. The molecule has 0 heterocycles. The number of hydrogen-bond acceptors (Lipinski definition) is 3. The molecule has 0 atom stereocenters. The number of benzene rings is 2. The summed E-state index contributed by atoms with van der Waals surface area (Å²) in [5.41, 5.74) is -2.74. The molecule has 2 rings (SSSR count). The predicted octanol–water partition coefficient (Wildman–Crippen LogP) is 5.69. The predicted molar refractivity (Wildman–Crippen MR) is 95.9 cm³/mol. The van der Waals surface area contributed by atoms with Crippen molar-refractivity contribution >= 4 is 17.6 Å². The number of ether oxygens (including phenoxy) is 1. The highest BCUT2D eigenvalue weighted by molar-refractivity contribution is 6.04. The molecule has 162 valence electrons. The van der Waals surface area contributed by atoms with Gasteiger partial charge in [0.25, 0.3) is 5.91 Å². The highest BCUT2D eigenvalue weighted by Crippen LogP contribution is 2.44. The van der Waals surface area contributed by atoms with Crippen LogP contribution in [0.2, 0.25) is 0 Å². The van der Waals surface area contributed by atoms with Gasteiger partial charge in [-0.2, -0.15) is 22.0 Å². The molecule has 2 aromatic rings. The number of halogens is 6. The monoisotopic (exact) mass is 433 g/mol. The summed E-state index contributed by atoms with van der Waals surface area (Å²) in [4.78, 5) is 24.1. The van der Waals surface area contributed by atoms with E-state index in [1.54, 1.807) is 20.8 Å². The summed E-state index contributed by atoms with van der Waals surface area (Å²) < 4.78 is 83.0. The van der Waals surface area contributed by atoms with Crippen LogP contribution in [0.1, 0.15) is 47.1 Å². The fourth-order valence-corrected chi connectivity index (χ4v) is 2.28. The Bertz CT molecular complexity index is 946. The van der Waals surface area contributed by atoms with E-state index >= 15 is 0 Å². The maximum atomic E-state index is 14.0. The van der Waals surface area contributed by atoms with Crippen LogP contribution in [0.5, 0.6) is 0 Å². The number of amides is 1. The molecule has 0 bridgehead atoms. The van der Waals surface area contributed by atoms with E-state index in [9.17, 15) is 35.9 Å². The van der Waals surface area contributed by atoms with Gasteiger partial charge in [-0.05, 0) is 57.2 Å². The molecule has 0 aliphatic carbocycles. The van der Waals surface area contributed by atoms with Crippen LogP contribution in [-0.4, -0.2) is 23.7 Å². The minimum absolute atomic E-state index is 0.0337. The third-order valence-corrected chi connectivity index (χ3v) is 3.71. The van der Waals surface area contributed by atoms with E-state index in [-0.39, 0.29) is 17.3 Å². The lowest BCUT2D eigenvalue weighted by molar-refractivity contribution is -0.289. The fraction of sp³-hybridized carbons (Fsp3) is 0.300. The van der Waals surface area contributed by atoms with E-state index in [2.05, 4.69) is 5.32 Å². The Labute approximate surface area is 167 Å². The van der Waals surface area contributed by atoms with Crippen molar-refractivity contribution in [1.82, 2.24) is 0 Å². The quantitative estimate of drug-likeness (QED) is 0.498. The second-order valence-electron chi connectivity index (χ2n) is 7.30. The second kappa shape index (κ2) is 8.00. The number of anilines is 1. The highest BCUT2D eigenvalue weighted by Gasteiger charge is 2.58. The first-order valence-corrected chi connectivity index (χ1v) is 8.51.